The number of piperidine rings is 3. The number of carbonyl (C=O) groups excluding carboxylic acids is 4. The van der Waals surface area contributed by atoms with Gasteiger partial charge in [-0.05, 0) is 68.6 Å². The van der Waals surface area contributed by atoms with Crippen molar-refractivity contribution in [3.8, 4) is 0 Å². The number of rotatable bonds is 4. The van der Waals surface area contributed by atoms with Crippen LogP contribution >= 0.6 is 0 Å². The predicted octanol–water partition coefficient (Wildman–Crippen LogP) is 3.60. The van der Waals surface area contributed by atoms with Crippen molar-refractivity contribution in [2.75, 3.05) is 26.2 Å². The van der Waals surface area contributed by atoms with E-state index >= 15 is 13.2 Å². The molecule has 3 aromatic rings. The first kappa shape index (κ1) is 29.4. The second-order valence-electron chi connectivity index (χ2n) is 12.2. The molecule has 2 aromatic carbocycles. The molecular weight excluding hydrogens is 598 g/mol. The summed E-state index contributed by atoms with van der Waals surface area (Å²) in [7, 11) is 0. The Bertz CT molecular complexity index is 1740. The molecule has 236 valence electrons. The van der Waals surface area contributed by atoms with Crippen molar-refractivity contribution in [3.05, 3.63) is 64.4 Å². The maximum atomic E-state index is 15.6. The monoisotopic (exact) mass is 627 g/mol. The van der Waals surface area contributed by atoms with Crippen molar-refractivity contribution < 1.29 is 41.3 Å². The summed E-state index contributed by atoms with van der Waals surface area (Å²) in [6.07, 6.45) is 1.28. The normalized spacial score (nSPS) is 24.3. The Morgan fingerprint density at radius 2 is 1.78 bits per heavy atom. The van der Waals surface area contributed by atoms with Crippen LogP contribution in [0, 0.1) is 11.6 Å². The molecule has 3 saturated heterocycles. The number of hydrogen-bond donors (Lipinski definition) is 1. The van der Waals surface area contributed by atoms with Gasteiger partial charge >= 0.3 is 0 Å². The Labute approximate surface area is 254 Å². The summed E-state index contributed by atoms with van der Waals surface area (Å²) in [5.74, 6) is -7.24. The molecule has 0 saturated carbocycles. The maximum absolute atomic E-state index is 15.6. The Hall–Kier alpha value is -4.33. The lowest BCUT2D eigenvalue weighted by atomic mass is 9.89. The first-order valence-corrected chi connectivity index (χ1v) is 14.9. The number of nitrogens with zero attached hydrogens (tertiary/aromatic N) is 4. The minimum Gasteiger partial charge on any atom is -0.356 e. The van der Waals surface area contributed by atoms with Crippen LogP contribution in [0.15, 0.2) is 34.9 Å². The smallest absolute Gasteiger partial charge is 0.280 e. The fourth-order valence-electron chi connectivity index (χ4n) is 7.23. The van der Waals surface area contributed by atoms with Gasteiger partial charge < -0.3 is 14.3 Å². The first-order chi connectivity index (χ1) is 21.5. The molecule has 4 amide bonds. The van der Waals surface area contributed by atoms with Gasteiger partial charge in [0, 0.05) is 42.4 Å². The van der Waals surface area contributed by atoms with Crippen molar-refractivity contribution >= 4 is 34.6 Å². The molecular formula is C31H29F4N5O5. The van der Waals surface area contributed by atoms with Gasteiger partial charge in [0.15, 0.2) is 5.58 Å². The Kier molecular flexibility index (Phi) is 7.14. The van der Waals surface area contributed by atoms with Gasteiger partial charge in [-0.15, -0.1) is 0 Å². The second kappa shape index (κ2) is 10.9. The van der Waals surface area contributed by atoms with E-state index in [0.717, 1.165) is 15.9 Å². The van der Waals surface area contributed by atoms with Crippen LogP contribution in [-0.4, -0.2) is 87.7 Å². The summed E-state index contributed by atoms with van der Waals surface area (Å²) >= 11 is 0. The topological polar surface area (TPSA) is 116 Å². The van der Waals surface area contributed by atoms with Crippen LogP contribution in [0.2, 0.25) is 0 Å². The molecule has 0 bridgehead atoms. The third kappa shape index (κ3) is 5.14. The number of likely N-dealkylation sites (tertiary alicyclic amines) is 2. The number of alkyl halides is 2. The van der Waals surface area contributed by atoms with Crippen molar-refractivity contribution in [2.24, 2.45) is 0 Å². The number of fused-ring (bicyclic) bond motifs is 2. The summed E-state index contributed by atoms with van der Waals surface area (Å²) in [5.41, 5.74) is 0.800. The number of nitrogens with one attached hydrogen (secondary N) is 1. The number of amides is 4. The highest BCUT2D eigenvalue weighted by molar-refractivity contribution is 6.06. The van der Waals surface area contributed by atoms with Crippen LogP contribution in [0.4, 0.5) is 17.6 Å². The number of halogens is 4. The lowest BCUT2D eigenvalue weighted by molar-refractivity contribution is -0.136. The Morgan fingerprint density at radius 1 is 1.00 bits per heavy atom. The quantitative estimate of drug-likeness (QED) is 0.347. The molecule has 1 N–H and O–H groups in total. The lowest BCUT2D eigenvalue weighted by Gasteiger charge is -2.45. The lowest BCUT2D eigenvalue weighted by Crippen LogP contribution is -2.60. The van der Waals surface area contributed by atoms with E-state index in [9.17, 15) is 23.6 Å². The highest BCUT2D eigenvalue weighted by Gasteiger charge is 2.49. The third-order valence-electron chi connectivity index (χ3n) is 9.49. The van der Waals surface area contributed by atoms with Gasteiger partial charge in [0.25, 0.3) is 17.7 Å². The molecule has 2 unspecified atom stereocenters. The van der Waals surface area contributed by atoms with Crippen LogP contribution in [0.1, 0.15) is 70.0 Å². The molecule has 10 nitrogen and oxygen atoms in total. The van der Waals surface area contributed by atoms with E-state index in [-0.39, 0.29) is 55.0 Å². The van der Waals surface area contributed by atoms with Gasteiger partial charge in [-0.2, -0.15) is 0 Å². The highest BCUT2D eigenvalue weighted by atomic mass is 19.3. The van der Waals surface area contributed by atoms with Crippen molar-refractivity contribution in [3.63, 3.8) is 0 Å². The third-order valence-corrected chi connectivity index (χ3v) is 9.49. The van der Waals surface area contributed by atoms with Crippen molar-refractivity contribution in [2.45, 2.75) is 62.6 Å². The standard InChI is InChI=1S/C31H29F4N5O5/c32-19-1-2-20-23(13-19)45-37-27(20)16-5-8-38(9-6-16)24-7-10-39(15-31(24,34)35)29(43)17-11-18-14-40(30(44)26(18)21(33)12-17)22-3-4-25(41)36-28(22)42/h1-2,11-13,16,22,24H,3-10,14-15H2,(H,36,41,42). The number of carbonyl (C=O) groups is 4. The molecule has 3 fully saturated rings. The molecule has 0 radical (unpaired) electrons. The summed E-state index contributed by atoms with van der Waals surface area (Å²) in [6, 6.07) is 4.38. The predicted molar refractivity (Wildman–Crippen MR) is 149 cm³/mol. The molecule has 14 heteroatoms. The minimum absolute atomic E-state index is 0.0178. The van der Waals surface area contributed by atoms with Gasteiger partial charge in [0.1, 0.15) is 17.7 Å². The average Bonchev–Trinajstić information content (AvgIpc) is 3.57. The van der Waals surface area contributed by atoms with E-state index in [1.54, 1.807) is 11.0 Å². The first-order valence-electron chi connectivity index (χ1n) is 14.9. The Balaban J connectivity index is 1.00. The van der Waals surface area contributed by atoms with Gasteiger partial charge in [-0.3, -0.25) is 29.4 Å². The van der Waals surface area contributed by atoms with Gasteiger partial charge in [0.05, 0.1) is 23.8 Å². The van der Waals surface area contributed by atoms with E-state index < -0.39 is 59.8 Å². The van der Waals surface area contributed by atoms with Crippen LogP contribution in [0.3, 0.4) is 0 Å². The summed E-state index contributed by atoms with van der Waals surface area (Å²) in [5, 5.41) is 7.00. The van der Waals surface area contributed by atoms with Gasteiger partial charge in [0.2, 0.25) is 11.8 Å². The fraction of sp³-hybridized carbons (Fsp3) is 0.452. The second-order valence-corrected chi connectivity index (χ2v) is 12.2. The number of benzene rings is 2. The zero-order valence-corrected chi connectivity index (χ0v) is 24.0. The Morgan fingerprint density at radius 3 is 2.51 bits per heavy atom. The molecule has 4 aliphatic heterocycles. The SMILES string of the molecule is O=C1CCC(N2Cc3cc(C(=O)N4CCC(N5CCC(c6noc7cc(F)ccc67)CC5)C(F)(F)C4)cc(F)c3C2=O)C(=O)N1. The largest absolute Gasteiger partial charge is 0.356 e. The minimum atomic E-state index is -3.23. The van der Waals surface area contributed by atoms with E-state index in [0.29, 0.717) is 42.6 Å². The van der Waals surface area contributed by atoms with Gasteiger partial charge in [-0.1, -0.05) is 5.16 Å². The summed E-state index contributed by atoms with van der Waals surface area (Å²) in [6.45, 7) is -0.160. The van der Waals surface area contributed by atoms with Crippen LogP contribution < -0.4 is 5.32 Å². The van der Waals surface area contributed by atoms with E-state index in [1.807, 2.05) is 0 Å². The molecule has 0 spiro atoms. The molecule has 45 heavy (non-hydrogen) atoms. The van der Waals surface area contributed by atoms with E-state index in [2.05, 4.69) is 10.5 Å². The molecule has 1 aromatic heterocycles. The summed E-state index contributed by atoms with van der Waals surface area (Å²) in [4.78, 5) is 54.0. The molecule has 7 rings (SSSR count). The number of aromatic nitrogens is 1. The maximum Gasteiger partial charge on any atom is 0.280 e. The molecule has 0 aliphatic carbocycles. The molecule has 4 aliphatic rings. The fourth-order valence-corrected chi connectivity index (χ4v) is 7.23. The van der Waals surface area contributed by atoms with E-state index in [4.69, 9.17) is 4.52 Å². The van der Waals surface area contributed by atoms with Crippen LogP contribution in [-0.2, 0) is 16.1 Å². The zero-order valence-electron chi connectivity index (χ0n) is 24.0. The molecule has 2 atom stereocenters. The van der Waals surface area contributed by atoms with Gasteiger partial charge in [-0.25, -0.2) is 17.6 Å². The number of hydrogen-bond acceptors (Lipinski definition) is 7. The molecule has 5 heterocycles. The van der Waals surface area contributed by atoms with E-state index in [1.165, 1.54) is 18.2 Å². The van der Waals surface area contributed by atoms with Crippen LogP contribution in [0.25, 0.3) is 11.0 Å². The van der Waals surface area contributed by atoms with Crippen molar-refractivity contribution in [1.29, 1.82) is 0 Å². The zero-order chi connectivity index (χ0) is 31.6. The van der Waals surface area contributed by atoms with Crippen molar-refractivity contribution in [1.82, 2.24) is 25.2 Å². The number of imide groups is 1. The van der Waals surface area contributed by atoms with Crippen LogP contribution in [0.5, 0.6) is 0 Å². The summed E-state index contributed by atoms with van der Waals surface area (Å²) < 4.78 is 65.1. The average molecular weight is 628 g/mol. The highest BCUT2D eigenvalue weighted by Crippen LogP contribution is 2.38.